The van der Waals surface area contributed by atoms with Crippen molar-refractivity contribution >= 4 is 42.4 Å². The number of benzene rings is 2. The van der Waals surface area contributed by atoms with E-state index in [4.69, 9.17) is 25.9 Å². The first-order chi connectivity index (χ1) is 17.2. The summed E-state index contributed by atoms with van der Waals surface area (Å²) < 4.78 is 59.9. The van der Waals surface area contributed by atoms with Crippen LogP contribution in [0.5, 0.6) is 5.75 Å². The predicted molar refractivity (Wildman–Crippen MR) is 140 cm³/mol. The predicted octanol–water partition coefficient (Wildman–Crippen LogP) is 4.32. The number of primary sulfonamides is 1. The lowest BCUT2D eigenvalue weighted by Gasteiger charge is -2.19. The van der Waals surface area contributed by atoms with Crippen LogP contribution in [0.15, 0.2) is 67.7 Å². The number of ether oxygens (including phenoxy) is 1. The molecule has 37 heavy (non-hydrogen) atoms. The molecule has 0 aliphatic heterocycles. The Morgan fingerprint density at radius 2 is 1.68 bits per heavy atom. The number of sulfone groups is 1. The summed E-state index contributed by atoms with van der Waals surface area (Å²) in [6.07, 6.45) is 0.314. The maximum Gasteiger partial charge on any atom is 0.259 e. The summed E-state index contributed by atoms with van der Waals surface area (Å²) in [6.45, 7) is 5.10. The first kappa shape index (κ1) is 26.8. The van der Waals surface area contributed by atoms with Crippen molar-refractivity contribution in [3.05, 3.63) is 80.6 Å². The minimum absolute atomic E-state index is 0.0713. The molecule has 194 valence electrons. The van der Waals surface area contributed by atoms with Crippen molar-refractivity contribution in [1.29, 1.82) is 0 Å². The number of rotatable bonds is 6. The second kappa shape index (κ2) is 9.56. The molecular formula is C25H23ClN2O7S2. The molecule has 0 bridgehead atoms. The van der Waals surface area contributed by atoms with E-state index in [1.807, 2.05) is 6.92 Å². The average molecular weight is 563 g/mol. The van der Waals surface area contributed by atoms with Crippen molar-refractivity contribution in [2.75, 3.05) is 6.26 Å². The zero-order valence-corrected chi connectivity index (χ0v) is 22.7. The molecular weight excluding hydrogens is 540 g/mol. The maximum atomic E-state index is 13.3. The van der Waals surface area contributed by atoms with Crippen molar-refractivity contribution in [2.24, 2.45) is 5.14 Å². The molecule has 0 fully saturated rings. The Labute approximate surface area is 218 Å². The molecule has 0 aliphatic rings. The van der Waals surface area contributed by atoms with Gasteiger partial charge < -0.3 is 9.15 Å². The van der Waals surface area contributed by atoms with Gasteiger partial charge in [0.2, 0.25) is 5.03 Å². The van der Waals surface area contributed by atoms with Gasteiger partial charge in [0.25, 0.3) is 10.0 Å². The van der Waals surface area contributed by atoms with Crippen LogP contribution in [-0.2, 0) is 19.9 Å². The molecule has 1 atom stereocenters. The number of pyridine rings is 1. The second-order valence-corrected chi connectivity index (χ2v) is 12.5. The molecule has 2 aromatic heterocycles. The Balaban J connectivity index is 1.88. The Morgan fingerprint density at radius 1 is 1.03 bits per heavy atom. The topological polar surface area (TPSA) is 147 Å². The molecule has 4 rings (SSSR count). The summed E-state index contributed by atoms with van der Waals surface area (Å²) in [4.78, 5) is 17.3. The zero-order valence-electron chi connectivity index (χ0n) is 20.3. The molecule has 0 unspecified atom stereocenters. The number of sulfonamides is 1. The first-order valence-electron chi connectivity index (χ1n) is 10.9. The second-order valence-electron chi connectivity index (χ2n) is 8.66. The van der Waals surface area contributed by atoms with Crippen LogP contribution in [0.2, 0.25) is 5.15 Å². The summed E-state index contributed by atoms with van der Waals surface area (Å²) >= 11 is 5.85. The van der Waals surface area contributed by atoms with Crippen LogP contribution in [0, 0.1) is 13.8 Å². The summed E-state index contributed by atoms with van der Waals surface area (Å²) in [6, 6.07) is 12.2. The number of aromatic nitrogens is 1. The normalized spacial score (nSPS) is 13.0. The summed E-state index contributed by atoms with van der Waals surface area (Å²) in [5.41, 5.74) is 2.09. The van der Waals surface area contributed by atoms with Crippen LogP contribution in [0.4, 0.5) is 0 Å². The van der Waals surface area contributed by atoms with Gasteiger partial charge in [-0.25, -0.2) is 27.0 Å². The molecule has 0 spiro atoms. The van der Waals surface area contributed by atoms with Gasteiger partial charge in [0.05, 0.1) is 10.3 Å². The number of fused-ring (bicyclic) bond motifs is 1. The lowest BCUT2D eigenvalue weighted by molar-refractivity contribution is 0.219. The fourth-order valence-electron chi connectivity index (χ4n) is 3.95. The number of aryl methyl sites for hydroxylation is 1. The Morgan fingerprint density at radius 3 is 2.27 bits per heavy atom. The van der Waals surface area contributed by atoms with Gasteiger partial charge in [-0.3, -0.25) is 4.79 Å². The van der Waals surface area contributed by atoms with Crippen molar-refractivity contribution in [3.8, 4) is 17.1 Å². The fourth-order valence-corrected chi connectivity index (χ4v) is 5.40. The molecule has 0 saturated carbocycles. The van der Waals surface area contributed by atoms with E-state index in [9.17, 15) is 21.6 Å². The number of halogens is 1. The van der Waals surface area contributed by atoms with Gasteiger partial charge in [-0.2, -0.15) is 0 Å². The number of hydrogen-bond donors (Lipinski definition) is 1. The molecule has 12 heteroatoms. The molecule has 0 amide bonds. The third-order valence-electron chi connectivity index (χ3n) is 5.74. The smallest absolute Gasteiger partial charge is 0.259 e. The van der Waals surface area contributed by atoms with E-state index in [1.54, 1.807) is 38.1 Å². The lowest BCUT2D eigenvalue weighted by Crippen LogP contribution is -2.17. The minimum Gasteiger partial charge on any atom is -0.483 e. The third kappa shape index (κ3) is 5.40. The van der Waals surface area contributed by atoms with Crippen LogP contribution in [-0.4, -0.2) is 28.1 Å². The van der Waals surface area contributed by atoms with Crippen LogP contribution < -0.4 is 15.3 Å². The molecule has 2 aromatic carbocycles. The van der Waals surface area contributed by atoms with Crippen LogP contribution in [0.25, 0.3) is 22.3 Å². The Bertz CT molecular complexity index is 1820. The van der Waals surface area contributed by atoms with Crippen molar-refractivity contribution in [2.45, 2.75) is 36.8 Å². The fraction of sp³-hybridized carbons (Fsp3) is 0.200. The Kier molecular flexibility index (Phi) is 6.93. The van der Waals surface area contributed by atoms with E-state index in [0.717, 1.165) is 11.8 Å². The molecule has 2 heterocycles. The maximum absolute atomic E-state index is 13.3. The van der Waals surface area contributed by atoms with Crippen molar-refractivity contribution in [3.63, 3.8) is 0 Å². The van der Waals surface area contributed by atoms with Gasteiger partial charge in [-0.05, 0) is 74.9 Å². The molecule has 0 saturated heterocycles. The first-order valence-corrected chi connectivity index (χ1v) is 14.7. The van der Waals surface area contributed by atoms with E-state index in [0.29, 0.717) is 22.1 Å². The molecule has 9 nitrogen and oxygen atoms in total. The highest BCUT2D eigenvalue weighted by atomic mass is 35.5. The highest BCUT2D eigenvalue weighted by Gasteiger charge is 2.24. The quantitative estimate of drug-likeness (QED) is 0.342. The largest absolute Gasteiger partial charge is 0.483 e. The third-order valence-corrected chi connectivity index (χ3v) is 7.91. The van der Waals surface area contributed by atoms with Crippen LogP contribution in [0.1, 0.15) is 29.7 Å². The molecule has 0 aliphatic carbocycles. The monoisotopic (exact) mass is 562 g/mol. The zero-order chi connectivity index (χ0) is 27.3. The van der Waals surface area contributed by atoms with E-state index in [1.165, 1.54) is 24.3 Å². The van der Waals surface area contributed by atoms with Crippen LogP contribution in [0.3, 0.4) is 0 Å². The summed E-state index contributed by atoms with van der Waals surface area (Å²) in [7, 11) is -7.64. The average Bonchev–Trinajstić information content (AvgIpc) is 2.81. The van der Waals surface area contributed by atoms with E-state index in [2.05, 4.69) is 4.98 Å². The summed E-state index contributed by atoms with van der Waals surface area (Å²) in [5, 5.41) is 5.02. The van der Waals surface area contributed by atoms with E-state index >= 15 is 0 Å². The van der Waals surface area contributed by atoms with Crippen molar-refractivity contribution < 1.29 is 26.0 Å². The van der Waals surface area contributed by atoms with Crippen molar-refractivity contribution in [1.82, 2.24) is 4.98 Å². The van der Waals surface area contributed by atoms with Gasteiger partial charge in [-0.1, -0.05) is 11.6 Å². The number of hydrogen-bond acceptors (Lipinski definition) is 8. The highest BCUT2D eigenvalue weighted by molar-refractivity contribution is 7.90. The van der Waals surface area contributed by atoms with Gasteiger partial charge >= 0.3 is 0 Å². The number of nitrogens with zero attached hydrogens (tertiary/aromatic N) is 1. The lowest BCUT2D eigenvalue weighted by atomic mass is 10.00. The summed E-state index contributed by atoms with van der Waals surface area (Å²) in [5.74, 6) is 0.161. The standard InChI is InChI=1S/C25H23ClN2O7S2/c1-13-11-18(15(3)34-20-9-10-21(26)28-25(20)37(27,32)33)24-19(12-13)22(29)14(2)23(35-24)16-5-7-17(8-6-16)36(4,30)31/h5-12,15H,1-4H3,(H2,27,32,33)/t15-/m1/s1. The van der Waals surface area contributed by atoms with Gasteiger partial charge in [0.1, 0.15) is 22.6 Å². The highest BCUT2D eigenvalue weighted by Crippen LogP contribution is 2.34. The Hall–Kier alpha value is -3.25. The van der Waals surface area contributed by atoms with E-state index < -0.39 is 31.0 Å². The molecule has 2 N–H and O–H groups in total. The number of nitrogens with two attached hydrogens (primary N) is 1. The minimum atomic E-state index is -4.24. The SMILES string of the molecule is Cc1cc([C@@H](C)Oc2ccc(Cl)nc2S(N)(=O)=O)c2oc(-c3ccc(S(C)(=O)=O)cc3)c(C)c(=O)c2c1. The molecule has 0 radical (unpaired) electrons. The van der Waals surface area contributed by atoms with Gasteiger partial charge in [0.15, 0.2) is 21.0 Å². The van der Waals surface area contributed by atoms with E-state index in [-0.39, 0.29) is 32.6 Å². The molecule has 4 aromatic rings. The van der Waals surface area contributed by atoms with Crippen LogP contribution >= 0.6 is 11.6 Å². The van der Waals surface area contributed by atoms with Gasteiger partial charge in [-0.15, -0.1) is 0 Å². The van der Waals surface area contributed by atoms with Gasteiger partial charge in [0, 0.05) is 22.9 Å².